The fourth-order valence-electron chi connectivity index (χ4n) is 9.92. The average Bonchev–Trinajstić information content (AvgIpc) is 3.85. The SMILES string of the molecule is c1ccc(C2=NC(c3cccc4ccccc34)NC(c3ccc4ccc(-n5c6ccccc6c6c(-n7c8ccccc8c8ccccc87)c7ccccc7cc65)cc4c3)=N2)cc1. The summed E-state index contributed by atoms with van der Waals surface area (Å²) < 4.78 is 4.95. The Bertz CT molecular complexity index is 3790. The zero-order chi connectivity index (χ0) is 40.7. The van der Waals surface area contributed by atoms with E-state index in [1.165, 1.54) is 59.8 Å². The van der Waals surface area contributed by atoms with Crippen molar-refractivity contribution in [3.63, 3.8) is 0 Å². The molecule has 13 rings (SSSR count). The second-order valence-electron chi connectivity index (χ2n) is 16.2. The van der Waals surface area contributed by atoms with Crippen molar-refractivity contribution in [1.82, 2.24) is 14.5 Å². The van der Waals surface area contributed by atoms with Crippen LogP contribution in [0.1, 0.15) is 22.9 Å². The van der Waals surface area contributed by atoms with Crippen molar-refractivity contribution in [2.45, 2.75) is 6.17 Å². The second-order valence-corrected chi connectivity index (χ2v) is 16.2. The van der Waals surface area contributed by atoms with E-state index in [1.807, 2.05) is 18.2 Å². The van der Waals surface area contributed by atoms with Gasteiger partial charge >= 0.3 is 0 Å². The van der Waals surface area contributed by atoms with Crippen molar-refractivity contribution in [3.05, 3.63) is 229 Å². The molecule has 5 nitrogen and oxygen atoms in total. The van der Waals surface area contributed by atoms with Crippen molar-refractivity contribution in [3.8, 4) is 11.4 Å². The number of aromatic nitrogens is 2. The Hall–Kier alpha value is -8.28. The van der Waals surface area contributed by atoms with Gasteiger partial charge in [-0.05, 0) is 69.4 Å². The molecule has 0 amide bonds. The zero-order valence-electron chi connectivity index (χ0n) is 33.6. The van der Waals surface area contributed by atoms with Crippen LogP contribution < -0.4 is 5.32 Å². The molecule has 0 fully saturated rings. The predicted octanol–water partition coefficient (Wildman–Crippen LogP) is 13.8. The molecule has 1 aliphatic rings. The number of fused-ring (bicyclic) bond motifs is 9. The largest absolute Gasteiger partial charge is 0.344 e. The van der Waals surface area contributed by atoms with Crippen LogP contribution in [0, 0.1) is 0 Å². The van der Waals surface area contributed by atoms with Gasteiger partial charge in [-0.25, -0.2) is 9.98 Å². The number of nitrogens with one attached hydrogen (secondary N) is 1. The van der Waals surface area contributed by atoms with Gasteiger partial charge < -0.3 is 14.5 Å². The Balaban J connectivity index is 1.01. The van der Waals surface area contributed by atoms with E-state index in [0.29, 0.717) is 5.84 Å². The molecule has 10 aromatic carbocycles. The van der Waals surface area contributed by atoms with Crippen LogP contribution in [0.25, 0.3) is 87.3 Å². The summed E-state index contributed by atoms with van der Waals surface area (Å²) >= 11 is 0. The molecular formula is C57H37N5. The molecule has 2 aromatic heterocycles. The summed E-state index contributed by atoms with van der Waals surface area (Å²) in [4.78, 5) is 10.4. The maximum atomic E-state index is 5.21. The maximum Gasteiger partial charge on any atom is 0.159 e. The fourth-order valence-corrected chi connectivity index (χ4v) is 9.92. The van der Waals surface area contributed by atoms with E-state index in [1.54, 1.807) is 0 Å². The van der Waals surface area contributed by atoms with E-state index in [-0.39, 0.29) is 6.17 Å². The summed E-state index contributed by atoms with van der Waals surface area (Å²) in [6, 6.07) is 76.4. The van der Waals surface area contributed by atoms with Gasteiger partial charge in [-0.1, -0.05) is 170 Å². The van der Waals surface area contributed by atoms with Crippen LogP contribution in [0.15, 0.2) is 222 Å². The topological polar surface area (TPSA) is 46.6 Å². The molecule has 1 atom stereocenters. The zero-order valence-corrected chi connectivity index (χ0v) is 33.6. The first-order valence-electron chi connectivity index (χ1n) is 21.2. The maximum absolute atomic E-state index is 5.21. The van der Waals surface area contributed by atoms with Gasteiger partial charge in [-0.3, -0.25) is 0 Å². The minimum Gasteiger partial charge on any atom is -0.344 e. The van der Waals surface area contributed by atoms with Gasteiger partial charge in [-0.2, -0.15) is 0 Å². The Labute approximate surface area is 357 Å². The lowest BCUT2D eigenvalue weighted by atomic mass is 10.0. The molecule has 0 saturated carbocycles. The highest BCUT2D eigenvalue weighted by atomic mass is 15.2. The number of amidine groups is 2. The van der Waals surface area contributed by atoms with Gasteiger partial charge in [0.1, 0.15) is 12.0 Å². The van der Waals surface area contributed by atoms with Gasteiger partial charge in [-0.15, -0.1) is 0 Å². The minimum absolute atomic E-state index is 0.318. The van der Waals surface area contributed by atoms with E-state index in [0.717, 1.165) is 50.0 Å². The predicted molar refractivity (Wildman–Crippen MR) is 259 cm³/mol. The van der Waals surface area contributed by atoms with Crippen LogP contribution >= 0.6 is 0 Å². The highest BCUT2D eigenvalue weighted by Gasteiger charge is 2.24. The number of nitrogens with zero attached hydrogens (tertiary/aromatic N) is 4. The Morgan fingerprint density at radius 1 is 0.387 bits per heavy atom. The number of para-hydroxylation sites is 3. The molecule has 0 aliphatic carbocycles. The molecule has 62 heavy (non-hydrogen) atoms. The average molecular weight is 792 g/mol. The lowest BCUT2D eigenvalue weighted by Crippen LogP contribution is -2.33. The summed E-state index contributed by atoms with van der Waals surface area (Å²) in [6.45, 7) is 0. The van der Waals surface area contributed by atoms with Crippen molar-refractivity contribution in [1.29, 1.82) is 0 Å². The van der Waals surface area contributed by atoms with Gasteiger partial charge in [0.2, 0.25) is 0 Å². The first kappa shape index (κ1) is 34.6. The van der Waals surface area contributed by atoms with Crippen LogP contribution in [0.4, 0.5) is 0 Å². The normalized spacial score (nSPS) is 14.3. The van der Waals surface area contributed by atoms with E-state index >= 15 is 0 Å². The quantitative estimate of drug-likeness (QED) is 0.185. The highest BCUT2D eigenvalue weighted by molar-refractivity contribution is 6.22. The van der Waals surface area contributed by atoms with Crippen LogP contribution in [0.3, 0.4) is 0 Å². The van der Waals surface area contributed by atoms with Gasteiger partial charge in [0.15, 0.2) is 5.84 Å². The summed E-state index contributed by atoms with van der Waals surface area (Å²) in [5.41, 5.74) is 10.1. The number of benzene rings is 10. The lowest BCUT2D eigenvalue weighted by molar-refractivity contribution is 0.679. The summed E-state index contributed by atoms with van der Waals surface area (Å²) in [7, 11) is 0. The third-order valence-corrected chi connectivity index (χ3v) is 12.7. The molecule has 1 unspecified atom stereocenters. The number of hydrogen-bond donors (Lipinski definition) is 1. The first-order valence-corrected chi connectivity index (χ1v) is 21.2. The minimum atomic E-state index is -0.318. The molecule has 1 aliphatic heterocycles. The smallest absolute Gasteiger partial charge is 0.159 e. The molecule has 0 spiro atoms. The Morgan fingerprint density at radius 3 is 1.77 bits per heavy atom. The van der Waals surface area contributed by atoms with Crippen LogP contribution in [-0.2, 0) is 0 Å². The van der Waals surface area contributed by atoms with E-state index in [4.69, 9.17) is 9.98 Å². The fraction of sp³-hybridized carbons (Fsp3) is 0.0175. The van der Waals surface area contributed by atoms with Gasteiger partial charge in [0, 0.05) is 49.3 Å². The van der Waals surface area contributed by atoms with Crippen molar-refractivity contribution in [2.75, 3.05) is 0 Å². The second kappa shape index (κ2) is 13.6. The molecule has 1 N–H and O–H groups in total. The van der Waals surface area contributed by atoms with E-state index < -0.39 is 0 Å². The third-order valence-electron chi connectivity index (χ3n) is 12.7. The molecule has 3 heterocycles. The van der Waals surface area contributed by atoms with Crippen molar-refractivity contribution < 1.29 is 0 Å². The number of aliphatic imine (C=N–C) groups is 2. The highest BCUT2D eigenvalue weighted by Crippen LogP contribution is 2.44. The van der Waals surface area contributed by atoms with Crippen molar-refractivity contribution in [2.24, 2.45) is 9.98 Å². The molecule has 5 heteroatoms. The third kappa shape index (κ3) is 5.28. The number of rotatable bonds is 5. The first-order chi connectivity index (χ1) is 30.7. The van der Waals surface area contributed by atoms with Crippen molar-refractivity contribution >= 4 is 87.6 Å². The van der Waals surface area contributed by atoms with Crippen LogP contribution in [0.5, 0.6) is 0 Å². The van der Waals surface area contributed by atoms with E-state index in [9.17, 15) is 0 Å². The van der Waals surface area contributed by atoms with Gasteiger partial charge in [0.05, 0.1) is 27.8 Å². The molecule has 0 bridgehead atoms. The lowest BCUT2D eigenvalue weighted by Gasteiger charge is -2.25. The standard InChI is InChI=1S/C57H37N5/c1-2-16-38(17-3-1)55-58-56(60-57(59-55)47-25-14-19-37-15-4-6-20-43(37)47)40-30-29-36-31-32-42(34-41(36)33-40)61-51-28-13-10-24-48(51)53-52(61)35-39-18-5-7-21-44(39)54(53)62-49-26-11-8-22-45(49)46-23-9-12-27-50(46)62/h1-35,57H,(H,58,59,60). The van der Waals surface area contributed by atoms with Crippen LogP contribution in [-0.4, -0.2) is 20.8 Å². The number of hydrogen-bond acceptors (Lipinski definition) is 3. The Morgan fingerprint density at radius 2 is 1.00 bits per heavy atom. The van der Waals surface area contributed by atoms with E-state index in [2.05, 4.69) is 209 Å². The van der Waals surface area contributed by atoms with Gasteiger partial charge in [0.25, 0.3) is 0 Å². The summed E-state index contributed by atoms with van der Waals surface area (Å²) in [6.07, 6.45) is -0.318. The molecule has 0 radical (unpaired) electrons. The molecule has 290 valence electrons. The Kier molecular flexibility index (Phi) is 7.60. The monoisotopic (exact) mass is 791 g/mol. The van der Waals surface area contributed by atoms with Crippen LogP contribution in [0.2, 0.25) is 0 Å². The summed E-state index contributed by atoms with van der Waals surface area (Å²) in [5, 5.41) is 15.8. The molecule has 12 aromatic rings. The molecular weight excluding hydrogens is 755 g/mol. The molecule has 0 saturated heterocycles. The summed E-state index contributed by atoms with van der Waals surface area (Å²) in [5.74, 6) is 1.51.